The van der Waals surface area contributed by atoms with Crippen molar-refractivity contribution in [3.05, 3.63) is 53.4 Å². The molecule has 0 aliphatic heterocycles. The first kappa shape index (κ1) is 13.7. The van der Waals surface area contributed by atoms with Crippen LogP contribution in [0.25, 0.3) is 10.8 Å². The first-order valence-corrected chi connectivity index (χ1v) is 7.36. The van der Waals surface area contributed by atoms with E-state index in [0.717, 1.165) is 32.7 Å². The van der Waals surface area contributed by atoms with E-state index in [-0.39, 0.29) is 5.84 Å². The molecular formula is C16H15N3OS. The Morgan fingerprint density at radius 2 is 1.86 bits per heavy atom. The molecule has 3 aromatic rings. The van der Waals surface area contributed by atoms with Gasteiger partial charge in [0.2, 0.25) is 0 Å². The Morgan fingerprint density at radius 1 is 1.14 bits per heavy atom. The molecule has 0 aliphatic carbocycles. The van der Waals surface area contributed by atoms with Crippen molar-refractivity contribution < 1.29 is 4.42 Å². The molecule has 4 nitrogen and oxygen atoms in total. The second kappa shape index (κ2) is 5.26. The molecule has 0 amide bonds. The minimum atomic E-state index is 0.0746. The van der Waals surface area contributed by atoms with Gasteiger partial charge in [0.15, 0.2) is 0 Å². The van der Waals surface area contributed by atoms with Crippen molar-refractivity contribution in [1.82, 2.24) is 4.98 Å². The summed E-state index contributed by atoms with van der Waals surface area (Å²) in [5, 5.41) is 10.3. The number of nitrogens with two attached hydrogens (primary N) is 1. The third-order valence-electron chi connectivity index (χ3n) is 3.38. The quantitative estimate of drug-likeness (QED) is 0.568. The Kier molecular flexibility index (Phi) is 3.43. The molecule has 0 aliphatic rings. The molecule has 0 spiro atoms. The van der Waals surface area contributed by atoms with Gasteiger partial charge in [-0.1, -0.05) is 24.3 Å². The zero-order valence-corrected chi connectivity index (χ0v) is 12.6. The van der Waals surface area contributed by atoms with Gasteiger partial charge in [0, 0.05) is 10.5 Å². The summed E-state index contributed by atoms with van der Waals surface area (Å²) in [7, 11) is 0. The number of aromatic nitrogens is 1. The molecule has 21 heavy (non-hydrogen) atoms. The molecule has 0 atom stereocenters. The molecule has 0 saturated carbocycles. The zero-order chi connectivity index (χ0) is 15.0. The number of nitrogens with zero attached hydrogens (tertiary/aromatic N) is 1. The largest absolute Gasteiger partial charge is 0.436 e. The van der Waals surface area contributed by atoms with Crippen molar-refractivity contribution in [1.29, 1.82) is 5.41 Å². The van der Waals surface area contributed by atoms with Crippen LogP contribution in [0, 0.1) is 19.3 Å². The van der Waals surface area contributed by atoms with Crippen molar-refractivity contribution >= 4 is 28.4 Å². The van der Waals surface area contributed by atoms with Crippen molar-refractivity contribution in [3.63, 3.8) is 0 Å². The molecule has 3 rings (SSSR count). The third-order valence-corrected chi connectivity index (χ3v) is 4.31. The third kappa shape index (κ3) is 2.52. The number of amidine groups is 1. The highest BCUT2D eigenvalue weighted by Crippen LogP contribution is 2.35. The summed E-state index contributed by atoms with van der Waals surface area (Å²) in [5.74, 6) is 0.910. The van der Waals surface area contributed by atoms with Crippen LogP contribution >= 0.6 is 11.8 Å². The van der Waals surface area contributed by atoms with E-state index in [4.69, 9.17) is 15.6 Å². The van der Waals surface area contributed by atoms with Gasteiger partial charge in [-0.2, -0.15) is 0 Å². The van der Waals surface area contributed by atoms with Crippen molar-refractivity contribution in [2.24, 2.45) is 5.73 Å². The van der Waals surface area contributed by atoms with Gasteiger partial charge in [0.05, 0.1) is 5.69 Å². The van der Waals surface area contributed by atoms with Crippen LogP contribution in [-0.4, -0.2) is 10.8 Å². The topological polar surface area (TPSA) is 75.9 Å². The normalized spacial score (nSPS) is 11.0. The molecule has 3 N–H and O–H groups in total. The van der Waals surface area contributed by atoms with Crippen LogP contribution in [0.4, 0.5) is 0 Å². The van der Waals surface area contributed by atoms with Crippen molar-refractivity contribution in [2.75, 3.05) is 0 Å². The Balaban J connectivity index is 2.11. The SMILES string of the molecule is Cc1nc(Sc2ccc(C(=N)N)c3ccccc23)oc1C. The Labute approximate surface area is 126 Å². The van der Waals surface area contributed by atoms with Crippen LogP contribution in [0.1, 0.15) is 17.0 Å². The Bertz CT molecular complexity index is 819. The molecule has 0 unspecified atom stereocenters. The predicted molar refractivity (Wildman–Crippen MR) is 85.1 cm³/mol. The van der Waals surface area contributed by atoms with Crippen LogP contribution in [0.15, 0.2) is 50.9 Å². The van der Waals surface area contributed by atoms with Crippen LogP contribution in [0.3, 0.4) is 0 Å². The fourth-order valence-corrected chi connectivity index (χ4v) is 3.14. The summed E-state index contributed by atoms with van der Waals surface area (Å²) in [6.45, 7) is 3.84. The van der Waals surface area contributed by atoms with E-state index in [2.05, 4.69) is 4.98 Å². The fourth-order valence-electron chi connectivity index (χ4n) is 2.18. The maximum absolute atomic E-state index is 7.68. The number of hydrogen-bond donors (Lipinski definition) is 2. The van der Waals surface area contributed by atoms with Gasteiger partial charge >= 0.3 is 0 Å². The lowest BCUT2D eigenvalue weighted by Crippen LogP contribution is -2.11. The maximum Gasteiger partial charge on any atom is 0.261 e. The van der Waals surface area contributed by atoms with E-state index in [1.165, 1.54) is 11.8 Å². The first-order valence-electron chi connectivity index (χ1n) is 6.54. The van der Waals surface area contributed by atoms with Gasteiger partial charge in [-0.05, 0) is 48.5 Å². The number of benzene rings is 2. The minimum absolute atomic E-state index is 0.0746. The highest BCUT2D eigenvalue weighted by Gasteiger charge is 2.12. The lowest BCUT2D eigenvalue weighted by molar-refractivity contribution is 0.431. The molecule has 106 valence electrons. The summed E-state index contributed by atoms with van der Waals surface area (Å²) < 4.78 is 5.63. The summed E-state index contributed by atoms with van der Waals surface area (Å²) in [6, 6.07) is 11.7. The van der Waals surface area contributed by atoms with Gasteiger partial charge in [0.1, 0.15) is 11.6 Å². The number of nitrogens with one attached hydrogen (secondary N) is 1. The van der Waals surface area contributed by atoms with Gasteiger partial charge in [-0.15, -0.1) is 0 Å². The second-order valence-electron chi connectivity index (χ2n) is 4.79. The van der Waals surface area contributed by atoms with Gasteiger partial charge < -0.3 is 10.2 Å². The minimum Gasteiger partial charge on any atom is -0.436 e. The average Bonchev–Trinajstić information content (AvgIpc) is 2.77. The lowest BCUT2D eigenvalue weighted by Gasteiger charge is -2.08. The highest BCUT2D eigenvalue weighted by molar-refractivity contribution is 7.99. The van der Waals surface area contributed by atoms with E-state index in [0.29, 0.717) is 5.22 Å². The molecule has 2 aromatic carbocycles. The van der Waals surface area contributed by atoms with Gasteiger partial charge in [-0.3, -0.25) is 5.41 Å². The van der Waals surface area contributed by atoms with Crippen LogP contribution < -0.4 is 5.73 Å². The average molecular weight is 297 g/mol. The standard InChI is InChI=1S/C16H15N3OS/c1-9-10(2)20-16(19-9)21-14-8-7-13(15(17)18)11-5-3-4-6-12(11)14/h3-8H,1-2H3,(H3,17,18). The summed E-state index contributed by atoms with van der Waals surface area (Å²) in [6.07, 6.45) is 0. The van der Waals surface area contributed by atoms with Gasteiger partial charge in [0.25, 0.3) is 5.22 Å². The summed E-state index contributed by atoms with van der Waals surface area (Å²) in [4.78, 5) is 5.44. The van der Waals surface area contributed by atoms with E-state index in [1.807, 2.05) is 50.2 Å². The number of fused-ring (bicyclic) bond motifs is 1. The smallest absolute Gasteiger partial charge is 0.261 e. The highest BCUT2D eigenvalue weighted by atomic mass is 32.2. The molecule has 1 aromatic heterocycles. The molecule has 0 saturated heterocycles. The number of aryl methyl sites for hydroxylation is 2. The van der Waals surface area contributed by atoms with E-state index in [1.54, 1.807) is 0 Å². The summed E-state index contributed by atoms with van der Waals surface area (Å²) in [5.41, 5.74) is 7.30. The number of rotatable bonds is 3. The maximum atomic E-state index is 7.68. The summed E-state index contributed by atoms with van der Waals surface area (Å²) >= 11 is 1.48. The van der Waals surface area contributed by atoms with Crippen molar-refractivity contribution in [3.8, 4) is 0 Å². The Morgan fingerprint density at radius 3 is 2.48 bits per heavy atom. The van der Waals surface area contributed by atoms with Gasteiger partial charge in [-0.25, -0.2) is 4.98 Å². The molecule has 0 bridgehead atoms. The number of nitrogen functional groups attached to an aromatic ring is 1. The monoisotopic (exact) mass is 297 g/mol. The Hall–Kier alpha value is -2.27. The lowest BCUT2D eigenvalue weighted by atomic mass is 10.0. The zero-order valence-electron chi connectivity index (χ0n) is 11.8. The molecule has 5 heteroatoms. The molecule has 1 heterocycles. The predicted octanol–water partition coefficient (Wildman–Crippen LogP) is 3.88. The van der Waals surface area contributed by atoms with Crippen LogP contribution in [-0.2, 0) is 0 Å². The molecular weight excluding hydrogens is 282 g/mol. The number of hydrogen-bond acceptors (Lipinski definition) is 4. The van der Waals surface area contributed by atoms with E-state index < -0.39 is 0 Å². The second-order valence-corrected chi connectivity index (χ2v) is 5.79. The van der Waals surface area contributed by atoms with Crippen LogP contribution in [0.2, 0.25) is 0 Å². The van der Waals surface area contributed by atoms with Crippen LogP contribution in [0.5, 0.6) is 0 Å². The van der Waals surface area contributed by atoms with E-state index >= 15 is 0 Å². The molecule has 0 radical (unpaired) electrons. The van der Waals surface area contributed by atoms with E-state index in [9.17, 15) is 0 Å². The van der Waals surface area contributed by atoms with Crippen molar-refractivity contribution in [2.45, 2.75) is 24.0 Å². The fraction of sp³-hybridized carbons (Fsp3) is 0.125. The number of oxazole rings is 1. The first-order chi connectivity index (χ1) is 10.1. The molecule has 0 fully saturated rings.